The van der Waals surface area contributed by atoms with Crippen LogP contribution in [0.3, 0.4) is 0 Å². The fraction of sp³-hybridized carbons (Fsp3) is 0.154. The third kappa shape index (κ3) is 3.85. The molecule has 0 atom stereocenters. The number of carbonyl (C=O) groups is 1. The van der Waals surface area contributed by atoms with E-state index in [1.165, 1.54) is 19.3 Å². The number of aryl methyl sites for hydroxylation is 1. The summed E-state index contributed by atoms with van der Waals surface area (Å²) < 4.78 is 38.2. The second-order valence-corrected chi connectivity index (χ2v) is 4.68. The first-order chi connectivity index (χ1) is 10.3. The van der Waals surface area contributed by atoms with Crippen LogP contribution in [0.25, 0.3) is 6.08 Å². The standard InChI is InChI=1S/C13H10ClF3N4O/c1-21-19-10(11(20-21)13(15,16)17)12(22)18-7-6-8-2-4-9(14)5-3-8/h2-7H,1H3,(H,18,22)/b7-6-. The second-order valence-electron chi connectivity index (χ2n) is 4.24. The van der Waals surface area contributed by atoms with Gasteiger partial charge in [0.1, 0.15) is 0 Å². The van der Waals surface area contributed by atoms with Crippen LogP contribution in [0.4, 0.5) is 13.2 Å². The topological polar surface area (TPSA) is 59.8 Å². The molecule has 0 aliphatic heterocycles. The minimum atomic E-state index is -4.75. The minimum absolute atomic E-state index is 0.551. The predicted octanol–water partition coefficient (Wildman–Crippen LogP) is 2.89. The van der Waals surface area contributed by atoms with Crippen LogP contribution in [0, 0.1) is 0 Å². The van der Waals surface area contributed by atoms with E-state index in [0.29, 0.717) is 9.82 Å². The summed E-state index contributed by atoms with van der Waals surface area (Å²) in [4.78, 5) is 12.5. The highest BCUT2D eigenvalue weighted by Crippen LogP contribution is 2.29. The molecular formula is C13H10ClF3N4O. The van der Waals surface area contributed by atoms with Crippen LogP contribution in [-0.4, -0.2) is 20.9 Å². The highest BCUT2D eigenvalue weighted by Gasteiger charge is 2.40. The van der Waals surface area contributed by atoms with Crippen molar-refractivity contribution in [2.75, 3.05) is 0 Å². The Morgan fingerprint density at radius 3 is 2.50 bits per heavy atom. The molecule has 1 heterocycles. The van der Waals surface area contributed by atoms with Gasteiger partial charge in [-0.3, -0.25) is 4.79 Å². The van der Waals surface area contributed by atoms with E-state index >= 15 is 0 Å². The molecule has 9 heteroatoms. The average Bonchev–Trinajstić information content (AvgIpc) is 2.83. The number of aromatic nitrogens is 3. The van der Waals surface area contributed by atoms with E-state index in [9.17, 15) is 18.0 Å². The summed E-state index contributed by atoms with van der Waals surface area (Å²) in [7, 11) is 1.20. The maximum absolute atomic E-state index is 12.7. The Labute approximate surface area is 128 Å². The zero-order valence-corrected chi connectivity index (χ0v) is 12.0. The molecule has 0 saturated heterocycles. The summed E-state index contributed by atoms with van der Waals surface area (Å²) >= 11 is 5.72. The van der Waals surface area contributed by atoms with Crippen molar-refractivity contribution in [1.29, 1.82) is 0 Å². The second kappa shape index (κ2) is 6.18. The average molecular weight is 331 g/mol. The number of halogens is 4. The maximum atomic E-state index is 12.7. The summed E-state index contributed by atoms with van der Waals surface area (Å²) in [5.41, 5.74) is -1.39. The molecule has 0 bridgehead atoms. The van der Waals surface area contributed by atoms with Crippen LogP contribution < -0.4 is 5.32 Å². The molecule has 1 aromatic heterocycles. The van der Waals surface area contributed by atoms with Gasteiger partial charge in [-0.2, -0.15) is 18.0 Å². The normalized spacial score (nSPS) is 11.9. The summed E-state index contributed by atoms with van der Waals surface area (Å²) in [6.45, 7) is 0. The van der Waals surface area contributed by atoms with Crippen LogP contribution in [0.15, 0.2) is 30.5 Å². The van der Waals surface area contributed by atoms with Gasteiger partial charge in [0.05, 0.1) is 0 Å². The molecule has 0 unspecified atom stereocenters. The van der Waals surface area contributed by atoms with Gasteiger partial charge >= 0.3 is 6.18 Å². The van der Waals surface area contributed by atoms with E-state index in [-0.39, 0.29) is 0 Å². The summed E-state index contributed by atoms with van der Waals surface area (Å²) in [6, 6.07) is 6.67. The molecule has 0 aliphatic carbocycles. The van der Waals surface area contributed by atoms with Crippen molar-refractivity contribution in [3.05, 3.63) is 52.4 Å². The number of hydrogen-bond acceptors (Lipinski definition) is 3. The number of nitrogens with zero attached hydrogens (tertiary/aromatic N) is 3. The number of alkyl halides is 3. The Balaban J connectivity index is 2.11. The lowest BCUT2D eigenvalue weighted by molar-refractivity contribution is -0.141. The van der Waals surface area contributed by atoms with Gasteiger partial charge in [-0.05, 0) is 23.8 Å². The molecule has 1 aromatic carbocycles. The number of carbonyl (C=O) groups excluding carboxylic acids is 1. The molecular weight excluding hydrogens is 321 g/mol. The van der Waals surface area contributed by atoms with Gasteiger partial charge in [0.15, 0.2) is 11.4 Å². The third-order valence-corrected chi connectivity index (χ3v) is 2.81. The largest absolute Gasteiger partial charge is 0.437 e. The van der Waals surface area contributed by atoms with Crippen molar-refractivity contribution < 1.29 is 18.0 Å². The van der Waals surface area contributed by atoms with E-state index in [0.717, 1.165) is 5.56 Å². The van der Waals surface area contributed by atoms with Crippen molar-refractivity contribution in [2.45, 2.75) is 6.18 Å². The molecule has 1 N–H and O–H groups in total. The summed E-state index contributed by atoms with van der Waals surface area (Å²) in [6.07, 6.45) is -2.01. The van der Waals surface area contributed by atoms with Crippen molar-refractivity contribution >= 4 is 23.6 Å². The first-order valence-corrected chi connectivity index (χ1v) is 6.36. The van der Waals surface area contributed by atoms with Crippen LogP contribution in [-0.2, 0) is 13.2 Å². The number of nitrogens with one attached hydrogen (secondary N) is 1. The van der Waals surface area contributed by atoms with Gasteiger partial charge in [-0.15, -0.1) is 10.2 Å². The highest BCUT2D eigenvalue weighted by atomic mass is 35.5. The zero-order valence-electron chi connectivity index (χ0n) is 11.2. The molecule has 2 rings (SSSR count). The lowest BCUT2D eigenvalue weighted by Crippen LogP contribution is -2.22. The lowest BCUT2D eigenvalue weighted by atomic mass is 10.2. The smallest absolute Gasteiger partial charge is 0.327 e. The van der Waals surface area contributed by atoms with Gasteiger partial charge in [-0.1, -0.05) is 23.7 Å². The Hall–Kier alpha value is -2.35. The Bertz CT molecular complexity index is 707. The number of rotatable bonds is 3. The quantitative estimate of drug-likeness (QED) is 0.941. The molecule has 5 nitrogen and oxygen atoms in total. The van der Waals surface area contributed by atoms with Gasteiger partial charge in [0, 0.05) is 18.3 Å². The first-order valence-electron chi connectivity index (χ1n) is 5.99. The summed E-state index contributed by atoms with van der Waals surface area (Å²) in [5.74, 6) is -0.995. The molecule has 116 valence electrons. The summed E-state index contributed by atoms with van der Waals surface area (Å²) in [5, 5.41) is 9.37. The zero-order chi connectivity index (χ0) is 16.3. The van der Waals surface area contributed by atoms with Crippen LogP contribution in [0.1, 0.15) is 21.7 Å². The number of amides is 1. The van der Waals surface area contributed by atoms with Gasteiger partial charge in [0.2, 0.25) is 0 Å². The molecule has 22 heavy (non-hydrogen) atoms. The molecule has 0 saturated carbocycles. The Morgan fingerprint density at radius 1 is 1.27 bits per heavy atom. The monoisotopic (exact) mass is 330 g/mol. The van der Waals surface area contributed by atoms with Gasteiger partial charge in [-0.25, -0.2) is 0 Å². The Kier molecular flexibility index (Phi) is 4.51. The molecule has 0 aliphatic rings. The SMILES string of the molecule is Cn1nc(C(=O)N/C=C\c2ccc(Cl)cc2)c(C(F)(F)F)n1. The molecule has 0 radical (unpaired) electrons. The van der Waals surface area contributed by atoms with E-state index in [1.54, 1.807) is 24.3 Å². The predicted molar refractivity (Wildman–Crippen MR) is 74.0 cm³/mol. The van der Waals surface area contributed by atoms with Gasteiger partial charge in [0.25, 0.3) is 5.91 Å². The fourth-order valence-corrected chi connectivity index (χ4v) is 1.73. The van der Waals surface area contributed by atoms with Crippen molar-refractivity contribution in [3.63, 3.8) is 0 Å². The lowest BCUT2D eigenvalue weighted by Gasteiger charge is -2.03. The molecule has 1 amide bonds. The van der Waals surface area contributed by atoms with Crippen LogP contribution >= 0.6 is 11.6 Å². The number of benzene rings is 1. The van der Waals surface area contributed by atoms with E-state index in [2.05, 4.69) is 15.5 Å². The minimum Gasteiger partial charge on any atom is -0.327 e. The first kappa shape index (κ1) is 16.0. The molecule has 0 fully saturated rings. The molecule has 2 aromatic rings. The van der Waals surface area contributed by atoms with E-state index < -0.39 is 23.5 Å². The van der Waals surface area contributed by atoms with Crippen LogP contribution in [0.2, 0.25) is 5.02 Å². The van der Waals surface area contributed by atoms with Crippen molar-refractivity contribution in [1.82, 2.24) is 20.3 Å². The van der Waals surface area contributed by atoms with E-state index in [1.807, 2.05) is 0 Å². The fourth-order valence-electron chi connectivity index (χ4n) is 1.61. The Morgan fingerprint density at radius 2 is 1.91 bits per heavy atom. The third-order valence-electron chi connectivity index (χ3n) is 2.56. The van der Waals surface area contributed by atoms with Crippen molar-refractivity contribution in [2.24, 2.45) is 7.05 Å². The molecule has 0 spiro atoms. The highest BCUT2D eigenvalue weighted by molar-refractivity contribution is 6.30. The number of hydrogen-bond donors (Lipinski definition) is 1. The van der Waals surface area contributed by atoms with Gasteiger partial charge < -0.3 is 5.32 Å². The van der Waals surface area contributed by atoms with E-state index in [4.69, 9.17) is 11.6 Å². The van der Waals surface area contributed by atoms with Crippen molar-refractivity contribution in [3.8, 4) is 0 Å². The van der Waals surface area contributed by atoms with Crippen LogP contribution in [0.5, 0.6) is 0 Å². The maximum Gasteiger partial charge on any atom is 0.437 e.